The molecule has 1 aromatic heterocycles. The standard InChI is InChI=1S/C11H9Cl2NOS/c1-7-3-2-4-8(5-7)15-11-14-10(13)9(6-12)16-11/h2-5H,6H2,1H3. The van der Waals surface area contributed by atoms with Gasteiger partial charge in [0.2, 0.25) is 0 Å². The summed E-state index contributed by atoms with van der Waals surface area (Å²) in [6, 6.07) is 7.76. The van der Waals surface area contributed by atoms with E-state index in [2.05, 4.69) is 4.98 Å². The summed E-state index contributed by atoms with van der Waals surface area (Å²) in [6.07, 6.45) is 0. The van der Waals surface area contributed by atoms with Gasteiger partial charge in [0.25, 0.3) is 5.19 Å². The molecule has 1 aromatic carbocycles. The smallest absolute Gasteiger partial charge is 0.280 e. The van der Waals surface area contributed by atoms with Crippen LogP contribution < -0.4 is 4.74 Å². The fourth-order valence-corrected chi connectivity index (χ4v) is 2.56. The van der Waals surface area contributed by atoms with Crippen molar-refractivity contribution in [1.82, 2.24) is 4.98 Å². The van der Waals surface area contributed by atoms with Gasteiger partial charge >= 0.3 is 0 Å². The number of benzene rings is 1. The van der Waals surface area contributed by atoms with E-state index in [-0.39, 0.29) is 0 Å². The predicted molar refractivity (Wildman–Crippen MR) is 67.9 cm³/mol. The van der Waals surface area contributed by atoms with Crippen molar-refractivity contribution in [2.45, 2.75) is 12.8 Å². The van der Waals surface area contributed by atoms with Gasteiger partial charge in [-0.05, 0) is 24.6 Å². The monoisotopic (exact) mass is 273 g/mol. The van der Waals surface area contributed by atoms with Crippen molar-refractivity contribution in [2.75, 3.05) is 0 Å². The summed E-state index contributed by atoms with van der Waals surface area (Å²) < 4.78 is 5.59. The normalized spacial score (nSPS) is 10.4. The first-order valence-corrected chi connectivity index (χ1v) is 6.37. The first kappa shape index (κ1) is 11.7. The lowest BCUT2D eigenvalue weighted by Crippen LogP contribution is -1.83. The van der Waals surface area contributed by atoms with Gasteiger partial charge in [-0.25, -0.2) is 0 Å². The van der Waals surface area contributed by atoms with E-state index in [1.807, 2.05) is 31.2 Å². The maximum Gasteiger partial charge on any atom is 0.280 e. The summed E-state index contributed by atoms with van der Waals surface area (Å²) in [5, 5.41) is 0.939. The highest BCUT2D eigenvalue weighted by atomic mass is 35.5. The number of thiazole rings is 1. The molecule has 5 heteroatoms. The summed E-state index contributed by atoms with van der Waals surface area (Å²) in [6.45, 7) is 2.01. The van der Waals surface area contributed by atoms with Gasteiger partial charge in [-0.1, -0.05) is 35.1 Å². The first-order chi connectivity index (χ1) is 7.69. The molecule has 84 valence electrons. The van der Waals surface area contributed by atoms with Gasteiger partial charge in [0.1, 0.15) is 10.9 Å². The molecule has 2 aromatic rings. The van der Waals surface area contributed by atoms with Gasteiger partial charge in [0, 0.05) is 0 Å². The second-order valence-electron chi connectivity index (χ2n) is 3.25. The lowest BCUT2D eigenvalue weighted by atomic mass is 10.2. The zero-order valence-corrected chi connectivity index (χ0v) is 10.9. The summed E-state index contributed by atoms with van der Waals surface area (Å²) in [4.78, 5) is 4.91. The van der Waals surface area contributed by atoms with Crippen molar-refractivity contribution in [3.8, 4) is 10.9 Å². The third kappa shape index (κ3) is 2.67. The molecule has 0 bridgehead atoms. The second-order valence-corrected chi connectivity index (χ2v) is 4.92. The summed E-state index contributed by atoms with van der Waals surface area (Å²) >= 11 is 12.9. The van der Waals surface area contributed by atoms with E-state index in [1.165, 1.54) is 11.3 Å². The molecule has 1 heterocycles. The molecule has 2 nitrogen and oxygen atoms in total. The van der Waals surface area contributed by atoms with Crippen molar-refractivity contribution in [2.24, 2.45) is 0 Å². The quantitative estimate of drug-likeness (QED) is 0.761. The Morgan fingerprint density at radius 3 is 2.88 bits per heavy atom. The van der Waals surface area contributed by atoms with E-state index in [0.29, 0.717) is 16.2 Å². The average Bonchev–Trinajstić information content (AvgIpc) is 2.58. The molecule has 0 saturated carbocycles. The molecule has 0 atom stereocenters. The number of hydrogen-bond acceptors (Lipinski definition) is 3. The molecule has 16 heavy (non-hydrogen) atoms. The van der Waals surface area contributed by atoms with Crippen LogP contribution in [0.15, 0.2) is 24.3 Å². The first-order valence-electron chi connectivity index (χ1n) is 4.64. The summed E-state index contributed by atoms with van der Waals surface area (Å²) in [5.41, 5.74) is 1.14. The lowest BCUT2D eigenvalue weighted by molar-refractivity contribution is 0.478. The molecular weight excluding hydrogens is 265 g/mol. The molecule has 0 N–H and O–H groups in total. The Bertz CT molecular complexity index is 498. The van der Waals surface area contributed by atoms with Crippen LogP contribution in [0, 0.1) is 6.92 Å². The fraction of sp³-hybridized carbons (Fsp3) is 0.182. The molecule has 0 radical (unpaired) electrons. The highest BCUT2D eigenvalue weighted by Gasteiger charge is 2.09. The zero-order chi connectivity index (χ0) is 11.5. The number of rotatable bonds is 3. The average molecular weight is 274 g/mol. The molecule has 0 fully saturated rings. The van der Waals surface area contributed by atoms with Crippen LogP contribution in [0.1, 0.15) is 10.4 Å². The Balaban J connectivity index is 2.20. The summed E-state index contributed by atoms with van der Waals surface area (Å²) in [7, 11) is 0. The minimum absolute atomic E-state index is 0.355. The fourth-order valence-electron chi connectivity index (χ4n) is 1.22. The number of halogens is 2. The van der Waals surface area contributed by atoms with Crippen LogP contribution in [-0.2, 0) is 5.88 Å². The van der Waals surface area contributed by atoms with Crippen molar-refractivity contribution in [1.29, 1.82) is 0 Å². The molecule has 2 rings (SSSR count). The molecule has 0 amide bonds. The highest BCUT2D eigenvalue weighted by molar-refractivity contribution is 7.14. The molecule has 0 unspecified atom stereocenters. The van der Waals surface area contributed by atoms with Crippen LogP contribution in [0.3, 0.4) is 0 Å². The maximum atomic E-state index is 5.88. The number of nitrogens with zero attached hydrogens (tertiary/aromatic N) is 1. The number of hydrogen-bond donors (Lipinski definition) is 0. The summed E-state index contributed by atoms with van der Waals surface area (Å²) in [5.74, 6) is 1.11. The molecule has 0 aliphatic carbocycles. The minimum atomic E-state index is 0.355. The largest absolute Gasteiger partial charge is 0.431 e. The Kier molecular flexibility index (Phi) is 3.69. The number of aryl methyl sites for hydroxylation is 1. The van der Waals surface area contributed by atoms with Crippen LogP contribution in [-0.4, -0.2) is 4.98 Å². The van der Waals surface area contributed by atoms with E-state index in [4.69, 9.17) is 27.9 Å². The lowest BCUT2D eigenvalue weighted by Gasteiger charge is -2.01. The van der Waals surface area contributed by atoms with E-state index in [9.17, 15) is 0 Å². The number of ether oxygens (including phenoxy) is 1. The van der Waals surface area contributed by atoms with Gasteiger partial charge in [-0.15, -0.1) is 11.6 Å². The van der Waals surface area contributed by atoms with Crippen LogP contribution in [0.5, 0.6) is 10.9 Å². The van der Waals surface area contributed by atoms with Crippen LogP contribution in [0.4, 0.5) is 0 Å². The molecular formula is C11H9Cl2NOS. The number of alkyl halides is 1. The Hall–Kier alpha value is -0.770. The number of aromatic nitrogens is 1. The molecule has 0 aliphatic heterocycles. The van der Waals surface area contributed by atoms with E-state index >= 15 is 0 Å². The Morgan fingerprint density at radius 2 is 2.25 bits per heavy atom. The van der Waals surface area contributed by atoms with Gasteiger partial charge in [-0.2, -0.15) is 4.98 Å². The van der Waals surface area contributed by atoms with Crippen LogP contribution in [0.25, 0.3) is 0 Å². The van der Waals surface area contributed by atoms with Gasteiger partial charge in [0.15, 0.2) is 0 Å². The van der Waals surface area contributed by atoms with Gasteiger partial charge in [-0.3, -0.25) is 0 Å². The predicted octanol–water partition coefficient (Wildman–Crippen LogP) is 4.64. The van der Waals surface area contributed by atoms with Crippen molar-refractivity contribution < 1.29 is 4.74 Å². The van der Waals surface area contributed by atoms with Crippen molar-refractivity contribution in [3.63, 3.8) is 0 Å². The second kappa shape index (κ2) is 5.04. The highest BCUT2D eigenvalue weighted by Crippen LogP contribution is 2.32. The molecule has 0 aliphatic rings. The molecule has 0 spiro atoms. The van der Waals surface area contributed by atoms with Gasteiger partial charge in [0.05, 0.1) is 10.8 Å². The van der Waals surface area contributed by atoms with E-state index in [0.717, 1.165) is 16.2 Å². The van der Waals surface area contributed by atoms with Crippen LogP contribution >= 0.6 is 34.5 Å². The van der Waals surface area contributed by atoms with Crippen molar-refractivity contribution >= 4 is 34.5 Å². The van der Waals surface area contributed by atoms with Crippen LogP contribution in [0.2, 0.25) is 5.15 Å². The van der Waals surface area contributed by atoms with Gasteiger partial charge < -0.3 is 4.74 Å². The van der Waals surface area contributed by atoms with Crippen molar-refractivity contribution in [3.05, 3.63) is 39.9 Å². The molecule has 0 saturated heterocycles. The topological polar surface area (TPSA) is 22.1 Å². The SMILES string of the molecule is Cc1cccc(Oc2nc(Cl)c(CCl)s2)c1. The van der Waals surface area contributed by atoms with E-state index < -0.39 is 0 Å². The Labute approximate surface area is 108 Å². The zero-order valence-electron chi connectivity index (χ0n) is 8.54. The van der Waals surface area contributed by atoms with E-state index in [1.54, 1.807) is 0 Å². The third-order valence-electron chi connectivity index (χ3n) is 1.95. The Morgan fingerprint density at radius 1 is 1.44 bits per heavy atom. The maximum absolute atomic E-state index is 5.88. The minimum Gasteiger partial charge on any atom is -0.431 e. The third-order valence-corrected chi connectivity index (χ3v) is 3.73.